The van der Waals surface area contributed by atoms with E-state index < -0.39 is 11.7 Å². The van der Waals surface area contributed by atoms with Crippen LogP contribution in [0.2, 0.25) is 0 Å². The van der Waals surface area contributed by atoms with Gasteiger partial charge < -0.3 is 4.90 Å². The van der Waals surface area contributed by atoms with Gasteiger partial charge in [-0.25, -0.2) is 0 Å². The molecule has 6 heteroatoms. The van der Waals surface area contributed by atoms with E-state index >= 15 is 0 Å². The SMILES string of the molecule is Cc1cc(C(F)(F)F)ccc1C(CN(C)C)NN. The van der Waals surface area contributed by atoms with Crippen LogP contribution in [-0.2, 0) is 6.18 Å². The van der Waals surface area contributed by atoms with Crippen LogP contribution in [0.15, 0.2) is 18.2 Å². The van der Waals surface area contributed by atoms with Crippen LogP contribution < -0.4 is 11.3 Å². The van der Waals surface area contributed by atoms with Crippen molar-refractivity contribution < 1.29 is 13.2 Å². The molecule has 1 atom stereocenters. The van der Waals surface area contributed by atoms with E-state index in [4.69, 9.17) is 5.84 Å². The highest BCUT2D eigenvalue weighted by molar-refractivity contribution is 5.34. The highest BCUT2D eigenvalue weighted by Gasteiger charge is 2.31. The maximum Gasteiger partial charge on any atom is 0.416 e. The van der Waals surface area contributed by atoms with E-state index in [1.54, 1.807) is 6.92 Å². The predicted octanol–water partition coefficient (Wildman–Crippen LogP) is 2.08. The van der Waals surface area contributed by atoms with Crippen LogP contribution >= 0.6 is 0 Å². The van der Waals surface area contributed by atoms with Gasteiger partial charge >= 0.3 is 6.18 Å². The molecule has 0 radical (unpaired) electrons. The molecule has 1 rings (SSSR count). The third-order valence-corrected chi connectivity index (χ3v) is 2.72. The van der Waals surface area contributed by atoms with Crippen LogP contribution in [0.4, 0.5) is 13.2 Å². The molecule has 0 aliphatic heterocycles. The van der Waals surface area contributed by atoms with Crippen LogP contribution in [0.3, 0.4) is 0 Å². The van der Waals surface area contributed by atoms with E-state index in [-0.39, 0.29) is 6.04 Å². The molecule has 1 unspecified atom stereocenters. The zero-order valence-electron chi connectivity index (χ0n) is 10.7. The lowest BCUT2D eigenvalue weighted by Crippen LogP contribution is -2.35. The Morgan fingerprint density at radius 3 is 2.33 bits per heavy atom. The first-order valence-electron chi connectivity index (χ1n) is 5.54. The number of likely N-dealkylation sites (N-methyl/N-ethyl adjacent to an activating group) is 1. The van der Waals surface area contributed by atoms with Crippen LogP contribution in [-0.4, -0.2) is 25.5 Å². The van der Waals surface area contributed by atoms with Crippen LogP contribution in [0, 0.1) is 6.92 Å². The first kappa shape index (κ1) is 14.9. The molecule has 0 heterocycles. The molecule has 0 aliphatic rings. The lowest BCUT2D eigenvalue weighted by atomic mass is 9.98. The molecule has 3 nitrogen and oxygen atoms in total. The zero-order chi connectivity index (χ0) is 13.9. The van der Waals surface area contributed by atoms with E-state index in [1.807, 2.05) is 19.0 Å². The number of rotatable bonds is 4. The van der Waals surface area contributed by atoms with Crippen molar-refractivity contribution >= 4 is 0 Å². The molecule has 0 aliphatic carbocycles. The van der Waals surface area contributed by atoms with Gasteiger partial charge in [0.2, 0.25) is 0 Å². The van der Waals surface area contributed by atoms with Gasteiger partial charge in [-0.1, -0.05) is 6.07 Å². The Labute approximate surface area is 105 Å². The van der Waals surface area contributed by atoms with Gasteiger partial charge in [0.25, 0.3) is 0 Å². The maximum absolute atomic E-state index is 12.5. The Balaban J connectivity index is 3.04. The highest BCUT2D eigenvalue weighted by Crippen LogP contribution is 2.31. The summed E-state index contributed by atoms with van der Waals surface area (Å²) < 4.78 is 37.6. The summed E-state index contributed by atoms with van der Waals surface area (Å²) in [6.45, 7) is 2.27. The second-order valence-electron chi connectivity index (χ2n) is 4.55. The van der Waals surface area contributed by atoms with Gasteiger partial charge in [-0.3, -0.25) is 11.3 Å². The second-order valence-corrected chi connectivity index (χ2v) is 4.55. The van der Waals surface area contributed by atoms with E-state index in [0.29, 0.717) is 12.1 Å². The molecule has 3 N–H and O–H groups in total. The summed E-state index contributed by atoms with van der Waals surface area (Å²) in [5.41, 5.74) is 3.35. The number of halogens is 3. The fourth-order valence-corrected chi connectivity index (χ4v) is 1.85. The van der Waals surface area contributed by atoms with Gasteiger partial charge in [-0.15, -0.1) is 0 Å². The molecule has 1 aromatic carbocycles. The maximum atomic E-state index is 12.5. The van der Waals surface area contributed by atoms with Gasteiger partial charge in [0.15, 0.2) is 0 Å². The lowest BCUT2D eigenvalue weighted by Gasteiger charge is -2.23. The largest absolute Gasteiger partial charge is 0.416 e. The minimum Gasteiger partial charge on any atom is -0.307 e. The third-order valence-electron chi connectivity index (χ3n) is 2.72. The number of nitrogens with one attached hydrogen (secondary N) is 1. The van der Waals surface area contributed by atoms with Crippen molar-refractivity contribution in [3.8, 4) is 0 Å². The predicted molar refractivity (Wildman–Crippen MR) is 64.8 cm³/mol. The molecule has 0 spiro atoms. The van der Waals surface area contributed by atoms with Gasteiger partial charge in [0.1, 0.15) is 0 Å². The van der Waals surface area contributed by atoms with Crippen molar-refractivity contribution in [2.45, 2.75) is 19.1 Å². The average Bonchev–Trinajstić information content (AvgIpc) is 2.24. The summed E-state index contributed by atoms with van der Waals surface area (Å²) in [4.78, 5) is 1.92. The van der Waals surface area contributed by atoms with Crippen molar-refractivity contribution in [1.29, 1.82) is 0 Å². The first-order chi connectivity index (χ1) is 8.25. The molecule has 0 bridgehead atoms. The molecule has 18 heavy (non-hydrogen) atoms. The van der Waals surface area contributed by atoms with E-state index in [0.717, 1.165) is 17.7 Å². The van der Waals surface area contributed by atoms with Gasteiger partial charge in [0.05, 0.1) is 11.6 Å². The topological polar surface area (TPSA) is 41.3 Å². The highest BCUT2D eigenvalue weighted by atomic mass is 19.4. The van der Waals surface area contributed by atoms with Crippen molar-refractivity contribution in [3.05, 3.63) is 34.9 Å². The Morgan fingerprint density at radius 1 is 1.33 bits per heavy atom. The Morgan fingerprint density at radius 2 is 1.94 bits per heavy atom. The molecular weight excluding hydrogens is 243 g/mol. The van der Waals surface area contributed by atoms with Gasteiger partial charge in [-0.05, 0) is 44.3 Å². The normalized spacial score (nSPS) is 14.0. The number of alkyl halides is 3. The number of nitrogens with zero attached hydrogens (tertiary/aromatic N) is 1. The minimum absolute atomic E-state index is 0.192. The first-order valence-corrected chi connectivity index (χ1v) is 5.54. The number of nitrogens with two attached hydrogens (primary N) is 1. The fourth-order valence-electron chi connectivity index (χ4n) is 1.85. The Bertz CT molecular complexity index is 402. The monoisotopic (exact) mass is 261 g/mol. The fraction of sp³-hybridized carbons (Fsp3) is 0.500. The number of hydrazine groups is 1. The molecule has 0 amide bonds. The Hall–Kier alpha value is -1.11. The molecule has 1 aromatic rings. The number of hydrogen-bond donors (Lipinski definition) is 2. The van der Waals surface area contributed by atoms with Crippen molar-refractivity contribution in [2.24, 2.45) is 5.84 Å². The van der Waals surface area contributed by atoms with Crippen LogP contribution in [0.5, 0.6) is 0 Å². The summed E-state index contributed by atoms with van der Waals surface area (Å²) in [6, 6.07) is 3.52. The number of aryl methyl sites for hydroxylation is 1. The average molecular weight is 261 g/mol. The molecule has 0 saturated heterocycles. The smallest absolute Gasteiger partial charge is 0.307 e. The minimum atomic E-state index is -4.31. The summed E-state index contributed by atoms with van der Waals surface area (Å²) in [6.07, 6.45) is -4.31. The summed E-state index contributed by atoms with van der Waals surface area (Å²) in [5, 5.41) is 0. The van der Waals surface area contributed by atoms with Crippen molar-refractivity contribution in [1.82, 2.24) is 10.3 Å². The van der Waals surface area contributed by atoms with Gasteiger partial charge in [-0.2, -0.15) is 13.2 Å². The lowest BCUT2D eigenvalue weighted by molar-refractivity contribution is -0.137. The standard InChI is InChI=1S/C12H18F3N3/c1-8-6-9(12(13,14)15)4-5-10(8)11(17-16)7-18(2)3/h4-6,11,17H,7,16H2,1-3H3. The Kier molecular flexibility index (Phi) is 4.72. The van der Waals surface area contributed by atoms with Crippen molar-refractivity contribution in [2.75, 3.05) is 20.6 Å². The van der Waals surface area contributed by atoms with E-state index in [1.165, 1.54) is 6.07 Å². The van der Waals surface area contributed by atoms with E-state index in [2.05, 4.69) is 5.43 Å². The molecule has 0 aromatic heterocycles. The van der Waals surface area contributed by atoms with Crippen LogP contribution in [0.1, 0.15) is 22.7 Å². The molecular formula is C12H18F3N3. The van der Waals surface area contributed by atoms with Crippen molar-refractivity contribution in [3.63, 3.8) is 0 Å². The molecule has 102 valence electrons. The number of benzene rings is 1. The third kappa shape index (κ3) is 3.69. The van der Waals surface area contributed by atoms with E-state index in [9.17, 15) is 13.2 Å². The molecule has 0 saturated carbocycles. The quantitative estimate of drug-likeness (QED) is 0.644. The molecule has 0 fully saturated rings. The van der Waals surface area contributed by atoms with Crippen LogP contribution in [0.25, 0.3) is 0 Å². The summed E-state index contributed by atoms with van der Waals surface area (Å²) >= 11 is 0. The van der Waals surface area contributed by atoms with Gasteiger partial charge in [0, 0.05) is 6.54 Å². The number of hydrogen-bond acceptors (Lipinski definition) is 3. The summed E-state index contributed by atoms with van der Waals surface area (Å²) in [5.74, 6) is 5.45. The summed E-state index contributed by atoms with van der Waals surface area (Å²) in [7, 11) is 3.76. The second kappa shape index (κ2) is 5.69. The zero-order valence-corrected chi connectivity index (χ0v) is 10.7.